The Morgan fingerprint density at radius 2 is 2.17 bits per heavy atom. The number of thiocarbonyl (C=S) groups is 1. The molecule has 3 N–H and O–H groups in total. The van der Waals surface area contributed by atoms with Gasteiger partial charge in [-0.3, -0.25) is 4.79 Å². The first-order valence-electron chi connectivity index (χ1n) is 5.83. The SMILES string of the molecule is Cc1ccc(NC(=O)C2(C(N)=S)CCC2)cc1Br. The smallest absolute Gasteiger partial charge is 0.237 e. The van der Waals surface area contributed by atoms with Crippen molar-refractivity contribution in [3.63, 3.8) is 0 Å². The van der Waals surface area contributed by atoms with Gasteiger partial charge >= 0.3 is 0 Å². The highest BCUT2D eigenvalue weighted by atomic mass is 79.9. The minimum Gasteiger partial charge on any atom is -0.392 e. The minimum absolute atomic E-state index is 0.0861. The molecule has 0 bridgehead atoms. The maximum atomic E-state index is 12.3. The summed E-state index contributed by atoms with van der Waals surface area (Å²) in [6, 6.07) is 5.72. The van der Waals surface area contributed by atoms with E-state index in [1.54, 1.807) is 0 Å². The van der Waals surface area contributed by atoms with Gasteiger partial charge in [0.1, 0.15) is 0 Å². The van der Waals surface area contributed by atoms with E-state index in [0.29, 0.717) is 4.99 Å². The first-order chi connectivity index (χ1) is 8.45. The molecule has 1 aliphatic rings. The molecular formula is C13H15BrN2OS. The van der Waals surface area contributed by atoms with E-state index in [4.69, 9.17) is 18.0 Å². The standard InChI is InChI=1S/C13H15BrN2OS/c1-8-3-4-9(7-10(8)14)16-12(17)13(11(15)18)5-2-6-13/h3-4,7H,2,5-6H2,1H3,(H2,15,18)(H,16,17). The van der Waals surface area contributed by atoms with Crippen LogP contribution in [0.25, 0.3) is 0 Å². The van der Waals surface area contributed by atoms with Crippen molar-refractivity contribution in [1.29, 1.82) is 0 Å². The molecule has 1 saturated carbocycles. The van der Waals surface area contributed by atoms with Gasteiger partial charge in [0.15, 0.2) is 0 Å². The van der Waals surface area contributed by atoms with Crippen LogP contribution in [0.4, 0.5) is 5.69 Å². The summed E-state index contributed by atoms with van der Waals surface area (Å²) in [6.45, 7) is 2.00. The third-order valence-electron chi connectivity index (χ3n) is 3.54. The number of carbonyl (C=O) groups excluding carboxylic acids is 1. The summed E-state index contributed by atoms with van der Waals surface area (Å²) < 4.78 is 0.971. The molecule has 1 aliphatic carbocycles. The monoisotopic (exact) mass is 326 g/mol. The van der Waals surface area contributed by atoms with Crippen LogP contribution < -0.4 is 11.1 Å². The third kappa shape index (κ3) is 2.29. The second-order valence-corrected chi connectivity index (χ2v) is 6.01. The molecule has 96 valence electrons. The Kier molecular flexibility index (Phi) is 3.73. The van der Waals surface area contributed by atoms with Crippen LogP contribution >= 0.6 is 28.1 Å². The van der Waals surface area contributed by atoms with E-state index in [0.717, 1.165) is 35.0 Å². The maximum absolute atomic E-state index is 12.3. The Morgan fingerprint density at radius 3 is 2.61 bits per heavy atom. The summed E-state index contributed by atoms with van der Waals surface area (Å²) in [5.41, 5.74) is 6.96. The Hall–Kier alpha value is -0.940. The molecule has 0 aromatic heterocycles. The molecule has 0 saturated heterocycles. The van der Waals surface area contributed by atoms with Crippen LogP contribution in [0.15, 0.2) is 22.7 Å². The highest BCUT2D eigenvalue weighted by Crippen LogP contribution is 2.42. The molecule has 1 fully saturated rings. The molecule has 0 spiro atoms. The van der Waals surface area contributed by atoms with Gasteiger partial charge in [-0.15, -0.1) is 0 Å². The number of halogens is 1. The Morgan fingerprint density at radius 1 is 1.50 bits per heavy atom. The fourth-order valence-electron chi connectivity index (χ4n) is 2.04. The molecule has 5 heteroatoms. The highest BCUT2D eigenvalue weighted by molar-refractivity contribution is 9.10. The van der Waals surface area contributed by atoms with E-state index < -0.39 is 5.41 Å². The number of carbonyl (C=O) groups is 1. The van der Waals surface area contributed by atoms with Crippen molar-refractivity contribution in [2.24, 2.45) is 11.1 Å². The second kappa shape index (κ2) is 4.97. The molecule has 0 radical (unpaired) electrons. The van der Waals surface area contributed by atoms with Gasteiger partial charge in [-0.2, -0.15) is 0 Å². The van der Waals surface area contributed by atoms with Crippen molar-refractivity contribution in [3.8, 4) is 0 Å². The molecule has 2 rings (SSSR count). The molecule has 18 heavy (non-hydrogen) atoms. The van der Waals surface area contributed by atoms with E-state index in [2.05, 4.69) is 21.2 Å². The van der Waals surface area contributed by atoms with E-state index >= 15 is 0 Å². The lowest BCUT2D eigenvalue weighted by Crippen LogP contribution is -2.50. The quantitative estimate of drug-likeness (QED) is 0.839. The van der Waals surface area contributed by atoms with Crippen LogP contribution in [0.1, 0.15) is 24.8 Å². The summed E-state index contributed by atoms with van der Waals surface area (Å²) >= 11 is 8.47. The van der Waals surface area contributed by atoms with Gasteiger partial charge in [-0.25, -0.2) is 0 Å². The molecule has 0 unspecified atom stereocenters. The summed E-state index contributed by atoms with van der Waals surface area (Å²) in [6.07, 6.45) is 2.50. The van der Waals surface area contributed by atoms with E-state index in [1.165, 1.54) is 0 Å². The predicted octanol–water partition coefficient (Wildman–Crippen LogP) is 3.15. The molecule has 0 heterocycles. The van der Waals surface area contributed by atoms with Crippen LogP contribution in [0.2, 0.25) is 0 Å². The number of nitrogens with one attached hydrogen (secondary N) is 1. The number of benzene rings is 1. The van der Waals surface area contributed by atoms with Crippen molar-refractivity contribution in [2.75, 3.05) is 5.32 Å². The van der Waals surface area contributed by atoms with Gasteiger partial charge in [-0.05, 0) is 37.5 Å². The van der Waals surface area contributed by atoms with Gasteiger partial charge < -0.3 is 11.1 Å². The van der Waals surface area contributed by atoms with Crippen LogP contribution in [0.5, 0.6) is 0 Å². The summed E-state index contributed by atoms with van der Waals surface area (Å²) in [5, 5.41) is 2.90. The average molecular weight is 327 g/mol. The van der Waals surface area contributed by atoms with Crippen LogP contribution in [0.3, 0.4) is 0 Å². The number of anilines is 1. The molecule has 0 aliphatic heterocycles. The van der Waals surface area contributed by atoms with Crippen molar-refractivity contribution >= 4 is 44.7 Å². The van der Waals surface area contributed by atoms with Gasteiger partial charge in [-0.1, -0.05) is 40.6 Å². The fraction of sp³-hybridized carbons (Fsp3) is 0.385. The zero-order valence-electron chi connectivity index (χ0n) is 10.1. The Bertz CT molecular complexity index is 512. The van der Waals surface area contributed by atoms with Crippen LogP contribution in [-0.4, -0.2) is 10.9 Å². The average Bonchev–Trinajstić information content (AvgIpc) is 2.21. The number of rotatable bonds is 3. The first kappa shape index (κ1) is 13.5. The summed E-state index contributed by atoms with van der Waals surface area (Å²) in [5.74, 6) is -0.0861. The van der Waals surface area contributed by atoms with E-state index in [9.17, 15) is 4.79 Å². The summed E-state index contributed by atoms with van der Waals surface area (Å²) in [4.78, 5) is 12.6. The van der Waals surface area contributed by atoms with Crippen LogP contribution in [-0.2, 0) is 4.79 Å². The number of hydrogen-bond donors (Lipinski definition) is 2. The topological polar surface area (TPSA) is 55.1 Å². The minimum atomic E-state index is -0.632. The Labute approximate surface area is 120 Å². The lowest BCUT2D eigenvalue weighted by molar-refractivity contribution is -0.125. The number of hydrogen-bond acceptors (Lipinski definition) is 2. The first-order valence-corrected chi connectivity index (χ1v) is 7.03. The van der Waals surface area contributed by atoms with E-state index in [1.807, 2.05) is 25.1 Å². The molecule has 1 aromatic carbocycles. The van der Waals surface area contributed by atoms with Crippen molar-refractivity contribution in [1.82, 2.24) is 0 Å². The van der Waals surface area contributed by atoms with Crippen molar-refractivity contribution in [3.05, 3.63) is 28.2 Å². The van der Waals surface area contributed by atoms with Gasteiger partial charge in [0, 0.05) is 10.2 Å². The largest absolute Gasteiger partial charge is 0.392 e. The molecular weight excluding hydrogens is 312 g/mol. The lowest BCUT2D eigenvalue weighted by atomic mass is 9.68. The summed E-state index contributed by atoms with van der Waals surface area (Å²) in [7, 11) is 0. The highest BCUT2D eigenvalue weighted by Gasteiger charge is 2.46. The second-order valence-electron chi connectivity index (χ2n) is 4.72. The van der Waals surface area contributed by atoms with Crippen molar-refractivity contribution < 1.29 is 4.79 Å². The van der Waals surface area contributed by atoms with Crippen LogP contribution in [0, 0.1) is 12.3 Å². The molecule has 1 aromatic rings. The zero-order valence-corrected chi connectivity index (χ0v) is 12.5. The Balaban J connectivity index is 2.16. The molecule has 0 atom stereocenters. The van der Waals surface area contributed by atoms with E-state index in [-0.39, 0.29) is 5.91 Å². The normalized spacial score (nSPS) is 16.8. The third-order valence-corrected chi connectivity index (χ3v) is 4.79. The van der Waals surface area contributed by atoms with Gasteiger partial charge in [0.2, 0.25) is 5.91 Å². The maximum Gasteiger partial charge on any atom is 0.237 e. The molecule has 1 amide bonds. The predicted molar refractivity (Wildman–Crippen MR) is 80.6 cm³/mol. The van der Waals surface area contributed by atoms with Crippen molar-refractivity contribution in [2.45, 2.75) is 26.2 Å². The number of aryl methyl sites for hydroxylation is 1. The fourth-order valence-corrected chi connectivity index (χ4v) is 2.71. The zero-order chi connectivity index (χ0) is 13.3. The molecule has 3 nitrogen and oxygen atoms in total. The van der Waals surface area contributed by atoms with Gasteiger partial charge in [0.05, 0.1) is 10.4 Å². The van der Waals surface area contributed by atoms with Gasteiger partial charge in [0.25, 0.3) is 0 Å². The lowest BCUT2D eigenvalue weighted by Gasteiger charge is -2.39. The number of amides is 1. The number of nitrogens with two attached hydrogens (primary N) is 1.